The van der Waals surface area contributed by atoms with Crippen molar-refractivity contribution in [3.63, 3.8) is 0 Å². The molecule has 0 aromatic rings. The predicted octanol–water partition coefficient (Wildman–Crippen LogP) is -1.03. The van der Waals surface area contributed by atoms with Crippen LogP contribution in [0.4, 0.5) is 0 Å². The van der Waals surface area contributed by atoms with Gasteiger partial charge in [-0.2, -0.15) is 16.8 Å². The fraction of sp³-hybridized carbons (Fsp3) is 1.00. The molecule has 110 valence electrons. The monoisotopic (exact) mass is 306 g/mol. The van der Waals surface area contributed by atoms with Crippen LogP contribution in [0.15, 0.2) is 0 Å². The van der Waals surface area contributed by atoms with Crippen LogP contribution in [0.1, 0.15) is 0 Å². The minimum Gasteiger partial charge on any atom is -0.382 e. The lowest BCUT2D eigenvalue weighted by atomic mass is 10.2. The van der Waals surface area contributed by atoms with Gasteiger partial charge in [-0.05, 0) is 0 Å². The highest BCUT2D eigenvalue weighted by atomic mass is 32.2. The number of ether oxygens (including phenoxy) is 2. The van der Waals surface area contributed by atoms with Crippen molar-refractivity contribution in [2.75, 3.05) is 39.9 Å². The Morgan fingerprint density at radius 2 is 1.06 bits per heavy atom. The highest BCUT2D eigenvalue weighted by molar-refractivity contribution is 7.86. The van der Waals surface area contributed by atoms with E-state index < -0.39 is 32.4 Å². The minimum absolute atomic E-state index is 0.156. The van der Waals surface area contributed by atoms with E-state index >= 15 is 0 Å². The van der Waals surface area contributed by atoms with Gasteiger partial charge in [0.15, 0.2) is 0 Å². The standard InChI is InChI=1S/C8H18O8S2/c1-13-5-7(15-17(3,9)10)8(6-14-2)16-18(4,11)12/h7-8H,5-6H2,1-4H3/t7-,8-/m1/s1. The lowest BCUT2D eigenvalue weighted by Gasteiger charge is -2.24. The van der Waals surface area contributed by atoms with Crippen molar-refractivity contribution in [2.24, 2.45) is 0 Å². The Bertz CT molecular complexity index is 384. The van der Waals surface area contributed by atoms with Crippen LogP contribution < -0.4 is 0 Å². The van der Waals surface area contributed by atoms with E-state index in [-0.39, 0.29) is 13.2 Å². The first-order chi connectivity index (χ1) is 8.09. The summed E-state index contributed by atoms with van der Waals surface area (Å²) in [5.74, 6) is 0. The van der Waals surface area contributed by atoms with Crippen molar-refractivity contribution in [3.8, 4) is 0 Å². The maximum absolute atomic E-state index is 11.1. The summed E-state index contributed by atoms with van der Waals surface area (Å²) in [5.41, 5.74) is 0. The van der Waals surface area contributed by atoms with Crippen LogP contribution in [-0.4, -0.2) is 69.0 Å². The topological polar surface area (TPSA) is 105 Å². The summed E-state index contributed by atoms with van der Waals surface area (Å²) in [5, 5.41) is 0. The molecule has 0 aliphatic carbocycles. The van der Waals surface area contributed by atoms with Gasteiger partial charge in [0.1, 0.15) is 12.2 Å². The lowest BCUT2D eigenvalue weighted by Crippen LogP contribution is -2.41. The summed E-state index contributed by atoms with van der Waals surface area (Å²) in [6.07, 6.45) is -0.528. The zero-order valence-corrected chi connectivity index (χ0v) is 12.3. The van der Waals surface area contributed by atoms with Crippen LogP contribution in [0.25, 0.3) is 0 Å². The average molecular weight is 306 g/mol. The van der Waals surface area contributed by atoms with Gasteiger partial charge in [0.25, 0.3) is 20.2 Å². The van der Waals surface area contributed by atoms with Crippen molar-refractivity contribution in [1.29, 1.82) is 0 Å². The Morgan fingerprint density at radius 3 is 1.22 bits per heavy atom. The van der Waals surface area contributed by atoms with E-state index in [4.69, 9.17) is 17.8 Å². The van der Waals surface area contributed by atoms with E-state index in [1.165, 1.54) is 14.2 Å². The zero-order chi connectivity index (χ0) is 14.4. The summed E-state index contributed by atoms with van der Waals surface area (Å²) < 4.78 is 63.2. The molecule has 0 aliphatic heterocycles. The molecule has 0 unspecified atom stereocenters. The summed E-state index contributed by atoms with van der Waals surface area (Å²) >= 11 is 0. The molecule has 0 spiro atoms. The van der Waals surface area contributed by atoms with E-state index in [1.807, 2.05) is 0 Å². The Kier molecular flexibility index (Phi) is 7.25. The lowest BCUT2D eigenvalue weighted by molar-refractivity contribution is -0.0250. The van der Waals surface area contributed by atoms with Gasteiger partial charge in [-0.15, -0.1) is 0 Å². The normalized spacial score (nSPS) is 16.4. The van der Waals surface area contributed by atoms with Crippen molar-refractivity contribution >= 4 is 20.2 Å². The molecular weight excluding hydrogens is 288 g/mol. The number of methoxy groups -OCH3 is 2. The Morgan fingerprint density at radius 1 is 0.778 bits per heavy atom. The molecule has 0 bridgehead atoms. The maximum atomic E-state index is 11.1. The van der Waals surface area contributed by atoms with Crippen molar-refractivity contribution in [1.82, 2.24) is 0 Å². The molecule has 0 rings (SSSR count). The van der Waals surface area contributed by atoms with Gasteiger partial charge in [-0.1, -0.05) is 0 Å². The van der Waals surface area contributed by atoms with E-state index in [9.17, 15) is 16.8 Å². The Balaban J connectivity index is 4.97. The predicted molar refractivity (Wildman–Crippen MR) is 63.2 cm³/mol. The third-order valence-corrected chi connectivity index (χ3v) is 2.87. The molecule has 0 N–H and O–H groups in total. The van der Waals surface area contributed by atoms with E-state index in [0.29, 0.717) is 0 Å². The van der Waals surface area contributed by atoms with Gasteiger partial charge in [-0.25, -0.2) is 0 Å². The van der Waals surface area contributed by atoms with Crippen LogP contribution in [0.5, 0.6) is 0 Å². The highest BCUT2D eigenvalue weighted by Crippen LogP contribution is 2.11. The summed E-state index contributed by atoms with van der Waals surface area (Å²) in [6.45, 7) is -0.312. The number of hydrogen-bond donors (Lipinski definition) is 0. The summed E-state index contributed by atoms with van der Waals surface area (Å²) in [7, 11) is -4.90. The molecule has 0 amide bonds. The van der Waals surface area contributed by atoms with Gasteiger partial charge in [0.05, 0.1) is 25.7 Å². The fourth-order valence-corrected chi connectivity index (χ4v) is 2.43. The third kappa shape index (κ3) is 8.78. The minimum atomic E-state index is -3.77. The summed E-state index contributed by atoms with van der Waals surface area (Å²) in [6, 6.07) is 0. The molecule has 0 aromatic carbocycles. The molecule has 0 saturated carbocycles. The molecule has 18 heavy (non-hydrogen) atoms. The third-order valence-electron chi connectivity index (χ3n) is 1.67. The Labute approximate surface area is 107 Å². The van der Waals surface area contributed by atoms with E-state index in [0.717, 1.165) is 12.5 Å². The maximum Gasteiger partial charge on any atom is 0.264 e. The first-order valence-corrected chi connectivity index (χ1v) is 8.46. The molecule has 0 aliphatic rings. The van der Waals surface area contributed by atoms with Gasteiger partial charge < -0.3 is 9.47 Å². The second kappa shape index (κ2) is 7.36. The number of hydrogen-bond acceptors (Lipinski definition) is 8. The van der Waals surface area contributed by atoms with Gasteiger partial charge in [-0.3, -0.25) is 8.37 Å². The largest absolute Gasteiger partial charge is 0.382 e. The van der Waals surface area contributed by atoms with E-state index in [1.54, 1.807) is 0 Å². The van der Waals surface area contributed by atoms with Crippen molar-refractivity contribution in [2.45, 2.75) is 12.2 Å². The van der Waals surface area contributed by atoms with Crippen LogP contribution in [0.2, 0.25) is 0 Å². The quantitative estimate of drug-likeness (QED) is 0.498. The fourth-order valence-electron chi connectivity index (χ4n) is 1.17. The molecule has 10 heteroatoms. The SMILES string of the molecule is COC[C@@H](OS(C)(=O)=O)[C@@H](COC)OS(C)(=O)=O. The molecule has 2 atom stereocenters. The van der Waals surface area contributed by atoms with Crippen molar-refractivity contribution < 1.29 is 34.7 Å². The number of rotatable bonds is 9. The van der Waals surface area contributed by atoms with Gasteiger partial charge in [0, 0.05) is 14.2 Å². The first kappa shape index (κ1) is 17.7. The van der Waals surface area contributed by atoms with Crippen molar-refractivity contribution in [3.05, 3.63) is 0 Å². The first-order valence-electron chi connectivity index (χ1n) is 4.83. The second-order valence-corrected chi connectivity index (χ2v) is 6.79. The van der Waals surface area contributed by atoms with E-state index in [2.05, 4.69) is 0 Å². The smallest absolute Gasteiger partial charge is 0.264 e. The molecule has 0 aromatic heterocycles. The molecular formula is C8H18O8S2. The molecule has 0 saturated heterocycles. The summed E-state index contributed by atoms with van der Waals surface area (Å²) in [4.78, 5) is 0. The van der Waals surface area contributed by atoms with Gasteiger partial charge >= 0.3 is 0 Å². The van der Waals surface area contributed by atoms with Crippen LogP contribution in [-0.2, 0) is 38.1 Å². The zero-order valence-electron chi connectivity index (χ0n) is 10.7. The van der Waals surface area contributed by atoms with Gasteiger partial charge in [0.2, 0.25) is 0 Å². The molecule has 0 fully saturated rings. The van der Waals surface area contributed by atoms with Crippen LogP contribution in [0, 0.1) is 0 Å². The molecule has 0 radical (unpaired) electrons. The average Bonchev–Trinajstić information content (AvgIpc) is 2.12. The van der Waals surface area contributed by atoms with Crippen LogP contribution in [0.3, 0.4) is 0 Å². The second-order valence-electron chi connectivity index (χ2n) is 3.59. The highest BCUT2D eigenvalue weighted by Gasteiger charge is 2.30. The Hall–Kier alpha value is -0.260. The molecule has 0 heterocycles. The van der Waals surface area contributed by atoms with Crippen LogP contribution >= 0.6 is 0 Å². The molecule has 8 nitrogen and oxygen atoms in total.